The monoisotopic (exact) mass is 609 g/mol. The normalized spacial score (nSPS) is 18.3. The first-order valence-electron chi connectivity index (χ1n) is 16.5. The molecule has 0 spiro atoms. The van der Waals surface area contributed by atoms with Gasteiger partial charge in [0.2, 0.25) is 5.91 Å². The summed E-state index contributed by atoms with van der Waals surface area (Å²) in [5, 5.41) is 4.21. The molecular formula is C35H51N3O4S. The van der Waals surface area contributed by atoms with Crippen LogP contribution in [0.1, 0.15) is 101 Å². The number of ether oxygens (including phenoxy) is 1. The van der Waals surface area contributed by atoms with E-state index >= 15 is 0 Å². The molecule has 4 rings (SSSR count). The Morgan fingerprint density at radius 3 is 2.60 bits per heavy atom. The molecule has 43 heavy (non-hydrogen) atoms. The molecule has 2 aromatic rings. The van der Waals surface area contributed by atoms with Gasteiger partial charge in [0.15, 0.2) is 5.78 Å². The van der Waals surface area contributed by atoms with Crippen LogP contribution in [0.2, 0.25) is 0 Å². The summed E-state index contributed by atoms with van der Waals surface area (Å²) < 4.78 is 6.72. The fourth-order valence-electron chi connectivity index (χ4n) is 6.26. The molecule has 2 aliphatic rings. The number of nitrogens with zero attached hydrogens (tertiary/aromatic N) is 2. The molecule has 8 heteroatoms. The highest BCUT2D eigenvalue weighted by atomic mass is 32.1. The number of rotatable bonds is 16. The van der Waals surface area contributed by atoms with Gasteiger partial charge in [-0.2, -0.15) is 0 Å². The van der Waals surface area contributed by atoms with Crippen molar-refractivity contribution >= 4 is 39.0 Å². The van der Waals surface area contributed by atoms with E-state index in [1.807, 2.05) is 13.0 Å². The fourth-order valence-corrected chi connectivity index (χ4v) is 7.36. The molecule has 0 aliphatic carbocycles. The van der Waals surface area contributed by atoms with Crippen LogP contribution in [-0.4, -0.2) is 66.2 Å². The Labute approximate surface area is 261 Å². The number of ketones is 2. The van der Waals surface area contributed by atoms with Crippen LogP contribution in [0.3, 0.4) is 0 Å². The van der Waals surface area contributed by atoms with Crippen LogP contribution in [0.15, 0.2) is 30.4 Å². The van der Waals surface area contributed by atoms with Crippen molar-refractivity contribution in [3.05, 3.63) is 40.9 Å². The van der Waals surface area contributed by atoms with Crippen LogP contribution in [0, 0.1) is 11.8 Å². The fraction of sp³-hybridized carbons (Fsp3) is 0.657. The number of likely N-dealkylation sites (tertiary alicyclic amines) is 1. The minimum Gasteiger partial charge on any atom is -0.381 e. The van der Waals surface area contributed by atoms with Gasteiger partial charge in [0.25, 0.3) is 0 Å². The number of hydrogen-bond acceptors (Lipinski definition) is 7. The van der Waals surface area contributed by atoms with Crippen molar-refractivity contribution in [2.75, 3.05) is 32.8 Å². The van der Waals surface area contributed by atoms with Crippen molar-refractivity contribution in [1.82, 2.24) is 15.2 Å². The molecule has 1 aromatic heterocycles. The van der Waals surface area contributed by atoms with Crippen LogP contribution in [0.25, 0.3) is 10.2 Å². The highest BCUT2D eigenvalue weighted by Crippen LogP contribution is 2.29. The number of thiazole rings is 1. The largest absolute Gasteiger partial charge is 0.381 e. The van der Waals surface area contributed by atoms with Crippen molar-refractivity contribution in [2.45, 2.75) is 103 Å². The number of allylic oxidation sites excluding steroid dienone is 1. The van der Waals surface area contributed by atoms with Crippen LogP contribution in [0.5, 0.6) is 0 Å². The zero-order valence-electron chi connectivity index (χ0n) is 26.4. The van der Waals surface area contributed by atoms with Gasteiger partial charge >= 0.3 is 0 Å². The minimum absolute atomic E-state index is 0.101. The Balaban J connectivity index is 1.43. The van der Waals surface area contributed by atoms with Crippen LogP contribution in [0.4, 0.5) is 0 Å². The summed E-state index contributed by atoms with van der Waals surface area (Å²) >= 11 is 1.62. The van der Waals surface area contributed by atoms with E-state index in [9.17, 15) is 14.4 Å². The molecule has 0 unspecified atom stereocenters. The molecule has 1 aromatic carbocycles. The second kappa shape index (κ2) is 17.2. The average Bonchev–Trinajstić information content (AvgIpc) is 3.41. The summed E-state index contributed by atoms with van der Waals surface area (Å²) in [6, 6.07) is 6.25. The first kappa shape index (κ1) is 33.5. The average molecular weight is 610 g/mol. The Morgan fingerprint density at radius 2 is 1.88 bits per heavy atom. The van der Waals surface area contributed by atoms with Gasteiger partial charge in [-0.3, -0.25) is 19.3 Å². The molecule has 0 radical (unpaired) electrons. The van der Waals surface area contributed by atoms with E-state index in [2.05, 4.69) is 42.3 Å². The smallest absolute Gasteiger partial charge is 0.224 e. The molecule has 2 atom stereocenters. The van der Waals surface area contributed by atoms with Crippen LogP contribution in [-0.2, 0) is 25.5 Å². The molecule has 0 bridgehead atoms. The number of fused-ring (bicyclic) bond motifs is 1. The Hall–Kier alpha value is -2.42. The topological polar surface area (TPSA) is 88.6 Å². The number of nitrogens with one attached hydrogen (secondary N) is 1. The lowest BCUT2D eigenvalue weighted by Gasteiger charge is -2.32. The summed E-state index contributed by atoms with van der Waals surface area (Å²) in [4.78, 5) is 46.7. The number of Topliss-reactive ketones (excluding diaryl/α,β-unsaturated/α-hetero) is 1. The highest BCUT2D eigenvalue weighted by molar-refractivity contribution is 7.18. The lowest BCUT2D eigenvalue weighted by molar-refractivity contribution is -0.130. The molecular weight excluding hydrogens is 558 g/mol. The number of amides is 1. The van der Waals surface area contributed by atoms with E-state index < -0.39 is 5.92 Å². The number of aromatic nitrogens is 1. The number of carbonyl (C=O) groups is 3. The molecule has 3 heterocycles. The summed E-state index contributed by atoms with van der Waals surface area (Å²) in [6.07, 6.45) is 12.1. The summed E-state index contributed by atoms with van der Waals surface area (Å²) in [7, 11) is 0. The van der Waals surface area contributed by atoms with Gasteiger partial charge in [-0.05, 0) is 87.2 Å². The first-order chi connectivity index (χ1) is 20.8. The molecule has 2 aliphatic heterocycles. The standard InChI is InChI=1S/C35H51N3O4S/c1-4-9-30(40)22-28(24-34-36-32-13-11-27(25(2)3)23-33(32)43-34)35(41)37-31(26-15-20-42-21-16-26)14-12-29(39)10-8-19-38-17-6-5-7-18-38/h8,10-11,13,23,25-26,28,31H,4-7,9,12,14-22,24H2,1-3H3,(H,37,41)/b10-8+/t28-,31+/m0/s1. The van der Waals surface area contributed by atoms with E-state index in [0.29, 0.717) is 44.8 Å². The second-order valence-corrected chi connectivity index (χ2v) is 13.8. The third-order valence-corrected chi connectivity index (χ3v) is 9.94. The maximum atomic E-state index is 13.9. The summed E-state index contributed by atoms with van der Waals surface area (Å²) in [5.74, 6) is 0.324. The predicted octanol–water partition coefficient (Wildman–Crippen LogP) is 6.64. The van der Waals surface area contributed by atoms with Gasteiger partial charge < -0.3 is 10.1 Å². The second-order valence-electron chi connectivity index (χ2n) is 12.7. The maximum Gasteiger partial charge on any atom is 0.224 e. The molecule has 2 fully saturated rings. The number of carbonyl (C=O) groups excluding carboxylic acids is 3. The van der Waals surface area contributed by atoms with Gasteiger partial charge in [-0.1, -0.05) is 39.3 Å². The summed E-state index contributed by atoms with van der Waals surface area (Å²) in [6.45, 7) is 10.7. The van der Waals surface area contributed by atoms with Gasteiger partial charge in [0.1, 0.15) is 5.78 Å². The van der Waals surface area contributed by atoms with E-state index in [-0.39, 0.29) is 35.9 Å². The maximum absolute atomic E-state index is 13.9. The van der Waals surface area contributed by atoms with Crippen molar-refractivity contribution < 1.29 is 19.1 Å². The summed E-state index contributed by atoms with van der Waals surface area (Å²) in [5.41, 5.74) is 2.21. The Morgan fingerprint density at radius 1 is 1.12 bits per heavy atom. The lowest BCUT2D eigenvalue weighted by atomic mass is 9.87. The lowest BCUT2D eigenvalue weighted by Crippen LogP contribution is -2.45. The van der Waals surface area contributed by atoms with E-state index in [1.54, 1.807) is 17.4 Å². The molecule has 0 saturated carbocycles. The Bertz CT molecular complexity index is 1230. The van der Waals surface area contributed by atoms with Gasteiger partial charge in [0, 0.05) is 51.5 Å². The van der Waals surface area contributed by atoms with E-state index in [1.165, 1.54) is 24.8 Å². The van der Waals surface area contributed by atoms with E-state index in [4.69, 9.17) is 9.72 Å². The van der Waals surface area contributed by atoms with Crippen LogP contribution >= 0.6 is 11.3 Å². The highest BCUT2D eigenvalue weighted by Gasteiger charge is 2.30. The number of benzene rings is 1. The zero-order chi connectivity index (χ0) is 30.6. The van der Waals surface area contributed by atoms with Gasteiger partial charge in [-0.25, -0.2) is 4.98 Å². The van der Waals surface area contributed by atoms with Crippen molar-refractivity contribution in [2.24, 2.45) is 11.8 Å². The number of hydrogen-bond donors (Lipinski definition) is 1. The van der Waals surface area contributed by atoms with Crippen molar-refractivity contribution in [3.8, 4) is 0 Å². The molecule has 2 saturated heterocycles. The Kier molecular flexibility index (Phi) is 13.4. The zero-order valence-corrected chi connectivity index (χ0v) is 27.3. The molecule has 1 N–H and O–H groups in total. The SMILES string of the molecule is CCCC(=O)C[C@@H](Cc1nc2ccc(C(C)C)cc2s1)C(=O)N[C@H](CCC(=O)/C=C/CN1CCCCC1)C1CCOCC1. The number of piperidine rings is 1. The quantitative estimate of drug-likeness (QED) is 0.215. The van der Waals surface area contributed by atoms with Gasteiger partial charge in [0.05, 0.1) is 21.1 Å². The van der Waals surface area contributed by atoms with Crippen molar-refractivity contribution in [1.29, 1.82) is 0 Å². The van der Waals surface area contributed by atoms with Crippen LogP contribution < -0.4 is 5.32 Å². The molecule has 236 valence electrons. The molecule has 7 nitrogen and oxygen atoms in total. The van der Waals surface area contributed by atoms with Gasteiger partial charge in [-0.15, -0.1) is 11.3 Å². The predicted molar refractivity (Wildman–Crippen MR) is 175 cm³/mol. The minimum atomic E-state index is -0.480. The molecule has 1 amide bonds. The third-order valence-electron chi connectivity index (χ3n) is 8.90. The van der Waals surface area contributed by atoms with E-state index in [0.717, 1.165) is 54.1 Å². The first-order valence-corrected chi connectivity index (χ1v) is 17.3. The van der Waals surface area contributed by atoms with Crippen molar-refractivity contribution in [3.63, 3.8) is 0 Å². The third kappa shape index (κ3) is 10.6.